The highest BCUT2D eigenvalue weighted by Gasteiger charge is 2.38. The van der Waals surface area contributed by atoms with Gasteiger partial charge in [-0.2, -0.15) is 13.2 Å². The molecule has 0 aliphatic heterocycles. The number of aliphatic hydroxyl groups is 1. The van der Waals surface area contributed by atoms with E-state index in [1.165, 1.54) is 0 Å². The van der Waals surface area contributed by atoms with Gasteiger partial charge in [0.25, 0.3) is 0 Å². The molecule has 2 N–H and O–H groups in total. The quantitative estimate of drug-likeness (QED) is 0.664. The molecular formula is C13H14F3NO3. The Bertz CT molecular complexity index is 514. The Labute approximate surface area is 113 Å². The summed E-state index contributed by atoms with van der Waals surface area (Å²) in [5.74, 6) is 0.284. The van der Waals surface area contributed by atoms with Crippen molar-refractivity contribution in [2.24, 2.45) is 5.16 Å². The van der Waals surface area contributed by atoms with Crippen molar-refractivity contribution in [1.82, 2.24) is 0 Å². The highest BCUT2D eigenvalue weighted by Crippen LogP contribution is 2.30. The van der Waals surface area contributed by atoms with E-state index in [-0.39, 0.29) is 5.75 Å². The maximum Gasteiger partial charge on any atom is 0.417 e. The van der Waals surface area contributed by atoms with Crippen molar-refractivity contribution in [3.8, 4) is 5.75 Å². The highest BCUT2D eigenvalue weighted by molar-refractivity contribution is 6.02. The van der Waals surface area contributed by atoms with E-state index in [2.05, 4.69) is 5.16 Å². The van der Waals surface area contributed by atoms with E-state index in [1.54, 1.807) is 18.2 Å². The van der Waals surface area contributed by atoms with Gasteiger partial charge in [0.2, 0.25) is 0 Å². The Morgan fingerprint density at radius 3 is 2.70 bits per heavy atom. The molecule has 0 saturated heterocycles. The van der Waals surface area contributed by atoms with Crippen LogP contribution in [0.25, 0.3) is 0 Å². The normalized spacial score (nSPS) is 18.7. The van der Waals surface area contributed by atoms with E-state index < -0.39 is 18.9 Å². The summed E-state index contributed by atoms with van der Waals surface area (Å²) in [4.78, 5) is 0. The molecular weight excluding hydrogens is 275 g/mol. The summed E-state index contributed by atoms with van der Waals surface area (Å²) in [6, 6.07) is 4.89. The van der Waals surface area contributed by atoms with Crippen molar-refractivity contribution >= 4 is 5.71 Å². The standard InChI is InChI=1S/C13H14F3NO3/c14-13(15,16)12(18)7-20-11-6-2-3-8-9(11)4-1-5-10(8)17-19/h2-3,6,12,18-19H,1,4-5,7H2. The van der Waals surface area contributed by atoms with E-state index in [9.17, 15) is 13.2 Å². The van der Waals surface area contributed by atoms with Gasteiger partial charge in [-0.25, -0.2) is 0 Å². The Balaban J connectivity index is 2.18. The van der Waals surface area contributed by atoms with Gasteiger partial charge in [0.15, 0.2) is 6.10 Å². The van der Waals surface area contributed by atoms with Gasteiger partial charge in [-0.15, -0.1) is 0 Å². The second kappa shape index (κ2) is 5.70. The monoisotopic (exact) mass is 289 g/mol. The molecule has 1 unspecified atom stereocenters. The maximum atomic E-state index is 12.2. The maximum absolute atomic E-state index is 12.2. The van der Waals surface area contributed by atoms with E-state index in [0.717, 1.165) is 6.42 Å². The molecule has 0 bridgehead atoms. The minimum atomic E-state index is -4.70. The summed E-state index contributed by atoms with van der Waals surface area (Å²) >= 11 is 0. The Morgan fingerprint density at radius 1 is 1.30 bits per heavy atom. The Morgan fingerprint density at radius 2 is 2.05 bits per heavy atom. The molecule has 0 fully saturated rings. The van der Waals surface area contributed by atoms with Gasteiger partial charge in [-0.05, 0) is 25.3 Å². The van der Waals surface area contributed by atoms with Crippen LogP contribution in [0.5, 0.6) is 5.75 Å². The summed E-state index contributed by atoms with van der Waals surface area (Å²) in [6.07, 6.45) is -5.25. The second-order valence-electron chi connectivity index (χ2n) is 4.55. The third-order valence-corrected chi connectivity index (χ3v) is 3.18. The number of alkyl halides is 3. The van der Waals surface area contributed by atoms with Gasteiger partial charge in [0.05, 0.1) is 5.71 Å². The molecule has 0 spiro atoms. The van der Waals surface area contributed by atoms with Crippen LogP contribution in [-0.2, 0) is 6.42 Å². The van der Waals surface area contributed by atoms with Crippen molar-refractivity contribution in [2.75, 3.05) is 6.61 Å². The summed E-state index contributed by atoms with van der Waals surface area (Å²) in [7, 11) is 0. The summed E-state index contributed by atoms with van der Waals surface area (Å²) in [6.45, 7) is -0.856. The van der Waals surface area contributed by atoms with E-state index in [1.807, 2.05) is 0 Å². The molecule has 4 nitrogen and oxygen atoms in total. The average Bonchev–Trinajstić information content (AvgIpc) is 2.42. The van der Waals surface area contributed by atoms with Crippen molar-refractivity contribution in [1.29, 1.82) is 0 Å². The highest BCUT2D eigenvalue weighted by atomic mass is 19.4. The van der Waals surface area contributed by atoms with Crippen molar-refractivity contribution in [3.63, 3.8) is 0 Å². The second-order valence-corrected chi connectivity index (χ2v) is 4.55. The molecule has 0 radical (unpaired) electrons. The zero-order valence-corrected chi connectivity index (χ0v) is 10.5. The summed E-state index contributed by atoms with van der Waals surface area (Å²) < 4.78 is 41.8. The number of rotatable bonds is 3. The number of nitrogens with zero attached hydrogens (tertiary/aromatic N) is 1. The lowest BCUT2D eigenvalue weighted by atomic mass is 9.89. The van der Waals surface area contributed by atoms with Gasteiger partial charge in [0.1, 0.15) is 12.4 Å². The minimum Gasteiger partial charge on any atom is -0.490 e. The third kappa shape index (κ3) is 3.04. The Kier molecular flexibility index (Phi) is 4.17. The van der Waals surface area contributed by atoms with Crippen molar-refractivity contribution in [3.05, 3.63) is 29.3 Å². The summed E-state index contributed by atoms with van der Waals surface area (Å²) in [5, 5.41) is 21.0. The SMILES string of the molecule is ON=C1CCCc2c(OCC(O)C(F)(F)F)cccc21. The molecule has 0 amide bonds. The van der Waals surface area contributed by atoms with E-state index >= 15 is 0 Å². The smallest absolute Gasteiger partial charge is 0.417 e. The first kappa shape index (κ1) is 14.6. The molecule has 1 aliphatic rings. The number of fused-ring (bicyclic) bond motifs is 1. The molecule has 1 atom stereocenters. The molecule has 2 rings (SSSR count). The fourth-order valence-electron chi connectivity index (χ4n) is 2.16. The first-order chi connectivity index (χ1) is 9.43. The number of ether oxygens (including phenoxy) is 1. The van der Waals surface area contributed by atoms with Gasteiger partial charge >= 0.3 is 6.18 Å². The van der Waals surface area contributed by atoms with Gasteiger partial charge in [-0.3, -0.25) is 0 Å². The first-order valence-electron chi connectivity index (χ1n) is 6.14. The molecule has 20 heavy (non-hydrogen) atoms. The lowest BCUT2D eigenvalue weighted by Crippen LogP contribution is -2.34. The van der Waals surface area contributed by atoms with Crippen LogP contribution in [0.4, 0.5) is 13.2 Å². The first-order valence-corrected chi connectivity index (χ1v) is 6.14. The third-order valence-electron chi connectivity index (χ3n) is 3.18. The number of hydrogen-bond donors (Lipinski definition) is 2. The number of benzene rings is 1. The molecule has 1 aliphatic carbocycles. The number of halogens is 3. The molecule has 1 aromatic carbocycles. The number of hydrogen-bond acceptors (Lipinski definition) is 4. The van der Waals surface area contributed by atoms with Crippen LogP contribution in [0, 0.1) is 0 Å². The Hall–Kier alpha value is -1.76. The summed E-state index contributed by atoms with van der Waals surface area (Å²) in [5.41, 5.74) is 1.88. The molecule has 7 heteroatoms. The topological polar surface area (TPSA) is 62.1 Å². The van der Waals surface area contributed by atoms with E-state index in [4.69, 9.17) is 15.1 Å². The molecule has 0 aromatic heterocycles. The fraction of sp³-hybridized carbons (Fsp3) is 0.462. The molecule has 0 saturated carbocycles. The largest absolute Gasteiger partial charge is 0.490 e. The minimum absolute atomic E-state index is 0.284. The number of oxime groups is 1. The van der Waals surface area contributed by atoms with E-state index in [0.29, 0.717) is 29.7 Å². The fourth-order valence-corrected chi connectivity index (χ4v) is 2.16. The molecule has 110 valence electrons. The average molecular weight is 289 g/mol. The van der Waals surface area contributed by atoms with Crippen LogP contribution in [0.3, 0.4) is 0 Å². The van der Waals surface area contributed by atoms with Gasteiger partial charge < -0.3 is 15.1 Å². The number of aliphatic hydroxyl groups excluding tert-OH is 1. The predicted molar refractivity (Wildman–Crippen MR) is 65.3 cm³/mol. The lowest BCUT2D eigenvalue weighted by molar-refractivity contribution is -0.210. The zero-order valence-electron chi connectivity index (χ0n) is 10.5. The van der Waals surface area contributed by atoms with Crippen LogP contribution in [0.2, 0.25) is 0 Å². The van der Waals surface area contributed by atoms with Crippen LogP contribution in [0.15, 0.2) is 23.4 Å². The molecule has 1 aromatic rings. The van der Waals surface area contributed by atoms with Crippen LogP contribution in [-0.4, -0.2) is 34.9 Å². The van der Waals surface area contributed by atoms with Gasteiger partial charge in [-0.1, -0.05) is 17.3 Å². The van der Waals surface area contributed by atoms with Crippen molar-refractivity contribution in [2.45, 2.75) is 31.5 Å². The predicted octanol–water partition coefficient (Wildman–Crippen LogP) is 2.50. The lowest BCUT2D eigenvalue weighted by Gasteiger charge is -2.21. The van der Waals surface area contributed by atoms with Crippen LogP contribution < -0.4 is 4.74 Å². The zero-order chi connectivity index (χ0) is 14.8. The van der Waals surface area contributed by atoms with Gasteiger partial charge in [0, 0.05) is 11.1 Å². The molecule has 0 heterocycles. The van der Waals surface area contributed by atoms with Crippen LogP contribution >= 0.6 is 0 Å². The van der Waals surface area contributed by atoms with Crippen molar-refractivity contribution < 1.29 is 28.2 Å². The van der Waals surface area contributed by atoms with Crippen LogP contribution in [0.1, 0.15) is 24.0 Å².